The summed E-state index contributed by atoms with van der Waals surface area (Å²) in [6.07, 6.45) is 12.0. The molecule has 5 nitrogen and oxygen atoms in total. The van der Waals surface area contributed by atoms with Crippen molar-refractivity contribution < 1.29 is 19.8 Å². The van der Waals surface area contributed by atoms with E-state index in [2.05, 4.69) is 25.9 Å². The van der Waals surface area contributed by atoms with Gasteiger partial charge in [-0.15, -0.1) is 0 Å². The van der Waals surface area contributed by atoms with Gasteiger partial charge < -0.3 is 15.1 Å². The van der Waals surface area contributed by atoms with Crippen LogP contribution in [0.15, 0.2) is 5.16 Å². The zero-order valence-corrected chi connectivity index (χ0v) is 22.5. The first-order valence-electron chi connectivity index (χ1n) is 14.0. The Bertz CT molecular complexity index is 793. The highest BCUT2D eigenvalue weighted by Gasteiger charge is 2.61. The van der Waals surface area contributed by atoms with Crippen LogP contribution in [0.2, 0.25) is 0 Å². The molecule has 0 radical (unpaired) electrons. The molecule has 9 atom stereocenters. The standard InChI is InChI=1S/C29H49NO4/c1-18(8-7-15-27(3,4)34-19(2)31)21-11-12-22-20-9-10-24-26(30-33)25(32)14-17-29(24,6)23(20)13-16-28(21,22)5/h18,20-25,32-33H,7-17H2,1-6H3/b30-26-/t18-,20+,21-,22?,23+,24+,25+,28-,29-/m1/s1. The van der Waals surface area contributed by atoms with Crippen molar-refractivity contribution in [2.75, 3.05) is 0 Å². The molecule has 4 rings (SSSR count). The third kappa shape index (κ3) is 4.44. The van der Waals surface area contributed by atoms with Crippen LogP contribution in [-0.4, -0.2) is 33.7 Å². The van der Waals surface area contributed by atoms with E-state index in [4.69, 9.17) is 4.74 Å². The van der Waals surface area contributed by atoms with Crippen LogP contribution >= 0.6 is 0 Å². The highest BCUT2D eigenvalue weighted by Crippen LogP contribution is 2.68. The van der Waals surface area contributed by atoms with Gasteiger partial charge >= 0.3 is 5.97 Å². The van der Waals surface area contributed by atoms with Gasteiger partial charge in [-0.05, 0) is 118 Å². The molecule has 5 heteroatoms. The minimum absolute atomic E-state index is 0.164. The first kappa shape index (κ1) is 26.0. The molecule has 2 N–H and O–H groups in total. The van der Waals surface area contributed by atoms with Gasteiger partial charge in [0.1, 0.15) is 5.60 Å². The maximum atomic E-state index is 11.4. The lowest BCUT2D eigenvalue weighted by Crippen LogP contribution is -2.57. The number of aliphatic hydroxyl groups excluding tert-OH is 1. The second-order valence-corrected chi connectivity index (χ2v) is 13.5. The summed E-state index contributed by atoms with van der Waals surface area (Å²) >= 11 is 0. The molecule has 0 heterocycles. The van der Waals surface area contributed by atoms with Crippen molar-refractivity contribution in [3.8, 4) is 0 Å². The maximum absolute atomic E-state index is 11.4. The largest absolute Gasteiger partial charge is 0.460 e. The maximum Gasteiger partial charge on any atom is 0.303 e. The Morgan fingerprint density at radius 3 is 2.44 bits per heavy atom. The summed E-state index contributed by atoms with van der Waals surface area (Å²) in [6.45, 7) is 13.1. The molecular formula is C29H49NO4. The quantitative estimate of drug-likeness (QED) is 0.258. The number of carbonyl (C=O) groups is 1. The molecule has 0 saturated heterocycles. The average Bonchev–Trinajstić information content (AvgIpc) is 3.10. The van der Waals surface area contributed by atoms with Crippen molar-refractivity contribution in [3.63, 3.8) is 0 Å². The number of oxime groups is 1. The second kappa shape index (κ2) is 9.41. The van der Waals surface area contributed by atoms with E-state index in [-0.39, 0.29) is 22.9 Å². The first-order chi connectivity index (χ1) is 15.9. The number of fused-ring (bicyclic) bond motifs is 5. The lowest BCUT2D eigenvalue weighted by molar-refractivity contribution is -0.154. The van der Waals surface area contributed by atoms with Crippen molar-refractivity contribution in [2.24, 2.45) is 51.5 Å². The summed E-state index contributed by atoms with van der Waals surface area (Å²) in [5.41, 5.74) is 0.883. The van der Waals surface area contributed by atoms with Gasteiger partial charge in [0.25, 0.3) is 0 Å². The van der Waals surface area contributed by atoms with E-state index in [1.54, 1.807) is 0 Å². The highest BCUT2D eigenvalue weighted by molar-refractivity contribution is 5.91. The van der Waals surface area contributed by atoms with E-state index in [0.717, 1.165) is 49.9 Å². The molecule has 0 aromatic carbocycles. The smallest absolute Gasteiger partial charge is 0.303 e. The third-order valence-corrected chi connectivity index (χ3v) is 11.3. The van der Waals surface area contributed by atoms with Crippen LogP contribution in [0.5, 0.6) is 0 Å². The predicted octanol–water partition coefficient (Wildman–Crippen LogP) is 6.59. The number of hydrogen-bond acceptors (Lipinski definition) is 5. The Morgan fingerprint density at radius 1 is 1.09 bits per heavy atom. The normalized spacial score (nSPS) is 44.1. The fraction of sp³-hybridized carbons (Fsp3) is 0.931. The molecule has 4 aliphatic rings. The van der Waals surface area contributed by atoms with Crippen LogP contribution in [0, 0.1) is 46.3 Å². The Kier molecular flexibility index (Phi) is 7.19. The Balaban J connectivity index is 1.42. The van der Waals surface area contributed by atoms with Gasteiger partial charge in [0, 0.05) is 12.8 Å². The van der Waals surface area contributed by atoms with E-state index in [1.807, 2.05) is 13.8 Å². The van der Waals surface area contributed by atoms with Gasteiger partial charge in [0.2, 0.25) is 0 Å². The Labute approximate surface area is 207 Å². The lowest BCUT2D eigenvalue weighted by atomic mass is 9.44. The highest BCUT2D eigenvalue weighted by atomic mass is 16.6. The summed E-state index contributed by atoms with van der Waals surface area (Å²) in [6, 6.07) is 0. The van der Waals surface area contributed by atoms with E-state index in [9.17, 15) is 15.1 Å². The van der Waals surface area contributed by atoms with Gasteiger partial charge in [-0.2, -0.15) is 0 Å². The van der Waals surface area contributed by atoms with Crippen LogP contribution < -0.4 is 0 Å². The van der Waals surface area contributed by atoms with E-state index < -0.39 is 6.10 Å². The van der Waals surface area contributed by atoms with Gasteiger partial charge in [0.15, 0.2) is 0 Å². The zero-order chi connectivity index (χ0) is 24.9. The second-order valence-electron chi connectivity index (χ2n) is 13.5. The molecule has 0 bridgehead atoms. The number of carbonyl (C=O) groups excluding carboxylic acids is 1. The van der Waals surface area contributed by atoms with Crippen molar-refractivity contribution in [3.05, 3.63) is 0 Å². The molecule has 1 unspecified atom stereocenters. The Hall–Kier alpha value is -1.10. The van der Waals surface area contributed by atoms with Crippen LogP contribution in [0.25, 0.3) is 0 Å². The number of ether oxygens (including phenoxy) is 1. The summed E-state index contributed by atoms with van der Waals surface area (Å²) in [7, 11) is 0. The molecular weight excluding hydrogens is 426 g/mol. The van der Waals surface area contributed by atoms with Crippen molar-refractivity contribution >= 4 is 11.7 Å². The van der Waals surface area contributed by atoms with Crippen LogP contribution in [0.3, 0.4) is 0 Å². The Morgan fingerprint density at radius 2 is 1.76 bits per heavy atom. The topological polar surface area (TPSA) is 79.1 Å². The fourth-order valence-electron chi connectivity index (χ4n) is 9.73. The van der Waals surface area contributed by atoms with Gasteiger partial charge in [-0.1, -0.05) is 32.3 Å². The molecule has 0 aromatic rings. The molecule has 194 valence electrons. The third-order valence-electron chi connectivity index (χ3n) is 11.3. The zero-order valence-electron chi connectivity index (χ0n) is 22.5. The first-order valence-corrected chi connectivity index (χ1v) is 14.0. The molecule has 34 heavy (non-hydrogen) atoms. The minimum Gasteiger partial charge on any atom is -0.460 e. The van der Waals surface area contributed by atoms with Crippen LogP contribution in [0.4, 0.5) is 0 Å². The molecule has 4 aliphatic carbocycles. The average molecular weight is 476 g/mol. The summed E-state index contributed by atoms with van der Waals surface area (Å²) in [4.78, 5) is 11.4. The summed E-state index contributed by atoms with van der Waals surface area (Å²) in [5, 5.41) is 23.7. The monoisotopic (exact) mass is 475 g/mol. The summed E-state index contributed by atoms with van der Waals surface area (Å²) < 4.78 is 5.51. The van der Waals surface area contributed by atoms with E-state index in [0.29, 0.717) is 23.0 Å². The molecule has 0 aliphatic heterocycles. The molecule has 0 aromatic heterocycles. The number of nitrogens with zero attached hydrogens (tertiary/aromatic N) is 1. The number of hydrogen-bond donors (Lipinski definition) is 2. The number of rotatable bonds is 6. The van der Waals surface area contributed by atoms with Crippen molar-refractivity contribution in [2.45, 2.75) is 124 Å². The van der Waals surface area contributed by atoms with Gasteiger partial charge in [-0.25, -0.2) is 0 Å². The van der Waals surface area contributed by atoms with Crippen LogP contribution in [0.1, 0.15) is 112 Å². The predicted molar refractivity (Wildman–Crippen MR) is 135 cm³/mol. The number of esters is 1. The molecule has 4 saturated carbocycles. The van der Waals surface area contributed by atoms with E-state index in [1.165, 1.54) is 45.4 Å². The van der Waals surface area contributed by atoms with Crippen LogP contribution in [-0.2, 0) is 9.53 Å². The molecule has 0 spiro atoms. The lowest BCUT2D eigenvalue weighted by Gasteiger charge is -2.61. The van der Waals surface area contributed by atoms with Gasteiger partial charge in [-0.3, -0.25) is 4.79 Å². The molecule has 4 fully saturated rings. The minimum atomic E-state index is -0.559. The van der Waals surface area contributed by atoms with Crippen molar-refractivity contribution in [1.29, 1.82) is 0 Å². The summed E-state index contributed by atoms with van der Waals surface area (Å²) in [5.74, 6) is 3.80. The van der Waals surface area contributed by atoms with E-state index >= 15 is 0 Å². The fourth-order valence-corrected chi connectivity index (χ4v) is 9.73. The SMILES string of the molecule is CC(=O)OC(C)(C)CCC[C@@H](C)[C@H]1CCC2[C@@H]3CC[C@H]4/C(=N/O)[C@@H](O)CC[C@]4(C)[C@H]3CC[C@@]21C. The molecule has 0 amide bonds. The van der Waals surface area contributed by atoms with Crippen molar-refractivity contribution in [1.82, 2.24) is 0 Å². The number of aliphatic hydroxyl groups is 1. The van der Waals surface area contributed by atoms with Gasteiger partial charge in [0.05, 0.1) is 11.8 Å².